The molecule has 1 N–H and O–H groups in total. The van der Waals surface area contributed by atoms with Gasteiger partial charge in [0.1, 0.15) is 0 Å². The highest BCUT2D eigenvalue weighted by Gasteiger charge is 2.06. The molecule has 0 aliphatic rings. The monoisotopic (exact) mass is 275 g/mol. The van der Waals surface area contributed by atoms with Crippen LogP contribution in [0.2, 0.25) is 0 Å². The third-order valence-electron chi connectivity index (χ3n) is 3.04. The largest absolute Gasteiger partial charge is 0.478 e. The quantitative estimate of drug-likeness (QED) is 0.909. The number of carbonyl (C=O) groups is 1. The van der Waals surface area contributed by atoms with Crippen molar-refractivity contribution >= 4 is 17.3 Å². The van der Waals surface area contributed by atoms with Gasteiger partial charge in [0.05, 0.1) is 5.56 Å². The summed E-state index contributed by atoms with van der Waals surface area (Å²) in [5, 5.41) is 11.0. The van der Waals surface area contributed by atoms with E-state index in [1.807, 2.05) is 12.1 Å². The molecule has 0 radical (unpaired) electrons. The summed E-state index contributed by atoms with van der Waals surface area (Å²) in [5.41, 5.74) is 2.79. The third kappa shape index (κ3) is 3.66. The smallest absolute Gasteiger partial charge is 0.335 e. The van der Waals surface area contributed by atoms with E-state index in [1.54, 1.807) is 23.5 Å². The summed E-state index contributed by atoms with van der Waals surface area (Å²) in [6.45, 7) is 3.86. The Bertz CT molecular complexity index is 560. The fourth-order valence-electron chi connectivity index (χ4n) is 1.93. The Morgan fingerprint density at radius 1 is 1.21 bits per heavy atom. The van der Waals surface area contributed by atoms with Crippen molar-refractivity contribution in [3.63, 3.8) is 0 Å². The molecule has 0 fully saturated rings. The minimum Gasteiger partial charge on any atom is -0.478 e. The van der Waals surface area contributed by atoms with Crippen molar-refractivity contribution in [2.24, 2.45) is 0 Å². The van der Waals surface area contributed by atoms with Crippen LogP contribution in [-0.4, -0.2) is 23.0 Å². The van der Waals surface area contributed by atoms with Gasteiger partial charge in [0.15, 0.2) is 0 Å². The van der Waals surface area contributed by atoms with E-state index in [1.165, 1.54) is 10.4 Å². The lowest BCUT2D eigenvalue weighted by Gasteiger charge is -2.16. The molecule has 1 aromatic carbocycles. The number of carboxylic acids is 1. The van der Waals surface area contributed by atoms with Gasteiger partial charge in [-0.3, -0.25) is 4.90 Å². The first-order valence-corrected chi connectivity index (χ1v) is 6.98. The molecule has 0 spiro atoms. The standard InChI is InChI=1S/C15H17NO2S/c1-11-7-8-19-14(11)10-16(2)9-12-3-5-13(6-4-12)15(17)18/h3-8H,9-10H2,1-2H3,(H,17,18). The Balaban J connectivity index is 1.97. The number of nitrogens with zero attached hydrogens (tertiary/aromatic N) is 1. The van der Waals surface area contributed by atoms with Gasteiger partial charge in [-0.25, -0.2) is 4.79 Å². The Morgan fingerprint density at radius 2 is 1.89 bits per heavy atom. The van der Waals surface area contributed by atoms with Crippen molar-refractivity contribution in [3.05, 3.63) is 57.3 Å². The molecule has 0 aliphatic heterocycles. The highest BCUT2D eigenvalue weighted by Crippen LogP contribution is 2.18. The number of thiophene rings is 1. The summed E-state index contributed by atoms with van der Waals surface area (Å²) >= 11 is 1.78. The van der Waals surface area contributed by atoms with Gasteiger partial charge in [-0.15, -0.1) is 11.3 Å². The lowest BCUT2D eigenvalue weighted by molar-refractivity contribution is 0.0697. The normalized spacial score (nSPS) is 10.9. The summed E-state index contributed by atoms with van der Waals surface area (Å²) in [6, 6.07) is 9.20. The van der Waals surface area contributed by atoms with Gasteiger partial charge in [-0.1, -0.05) is 12.1 Å². The van der Waals surface area contributed by atoms with Crippen LogP contribution in [0, 0.1) is 6.92 Å². The van der Waals surface area contributed by atoms with E-state index in [9.17, 15) is 4.79 Å². The molecule has 2 aromatic rings. The van der Waals surface area contributed by atoms with Crippen LogP contribution in [0.15, 0.2) is 35.7 Å². The van der Waals surface area contributed by atoms with E-state index >= 15 is 0 Å². The molecule has 19 heavy (non-hydrogen) atoms. The molecule has 0 saturated heterocycles. The van der Waals surface area contributed by atoms with Crippen LogP contribution < -0.4 is 0 Å². The maximum absolute atomic E-state index is 10.8. The molecule has 0 unspecified atom stereocenters. The van der Waals surface area contributed by atoms with Crippen LogP contribution in [0.4, 0.5) is 0 Å². The first kappa shape index (κ1) is 13.8. The zero-order valence-electron chi connectivity index (χ0n) is 11.1. The van der Waals surface area contributed by atoms with Crippen molar-refractivity contribution in [1.82, 2.24) is 4.90 Å². The Morgan fingerprint density at radius 3 is 2.42 bits per heavy atom. The summed E-state index contributed by atoms with van der Waals surface area (Å²) < 4.78 is 0. The second-order valence-corrected chi connectivity index (χ2v) is 5.70. The molecule has 4 heteroatoms. The molecule has 0 aliphatic carbocycles. The van der Waals surface area contributed by atoms with Crippen LogP contribution in [0.5, 0.6) is 0 Å². The van der Waals surface area contributed by atoms with Crippen molar-refractivity contribution in [3.8, 4) is 0 Å². The molecule has 2 rings (SSSR count). The summed E-state index contributed by atoms with van der Waals surface area (Å²) in [5.74, 6) is -0.880. The van der Waals surface area contributed by atoms with Gasteiger partial charge in [0.2, 0.25) is 0 Å². The van der Waals surface area contributed by atoms with Crippen molar-refractivity contribution < 1.29 is 9.90 Å². The average molecular weight is 275 g/mol. The SMILES string of the molecule is Cc1ccsc1CN(C)Cc1ccc(C(=O)O)cc1. The number of aryl methyl sites for hydroxylation is 1. The van der Waals surface area contributed by atoms with Crippen LogP contribution in [0.1, 0.15) is 26.4 Å². The maximum Gasteiger partial charge on any atom is 0.335 e. The van der Waals surface area contributed by atoms with E-state index in [2.05, 4.69) is 30.3 Å². The summed E-state index contributed by atoms with van der Waals surface area (Å²) in [7, 11) is 2.07. The fourth-order valence-corrected chi connectivity index (χ4v) is 2.92. The van der Waals surface area contributed by atoms with E-state index < -0.39 is 5.97 Å². The minimum absolute atomic E-state index is 0.334. The molecule has 3 nitrogen and oxygen atoms in total. The second-order valence-electron chi connectivity index (χ2n) is 4.70. The van der Waals surface area contributed by atoms with E-state index in [0.29, 0.717) is 5.56 Å². The van der Waals surface area contributed by atoms with Crippen LogP contribution in [0.3, 0.4) is 0 Å². The fraction of sp³-hybridized carbons (Fsp3) is 0.267. The zero-order chi connectivity index (χ0) is 13.8. The van der Waals surface area contributed by atoms with Gasteiger partial charge in [-0.2, -0.15) is 0 Å². The van der Waals surface area contributed by atoms with Crippen molar-refractivity contribution in [2.45, 2.75) is 20.0 Å². The highest BCUT2D eigenvalue weighted by atomic mass is 32.1. The molecule has 1 aromatic heterocycles. The molecule has 1 heterocycles. The maximum atomic E-state index is 10.8. The van der Waals surface area contributed by atoms with E-state index in [-0.39, 0.29) is 0 Å². The van der Waals surface area contributed by atoms with Crippen LogP contribution >= 0.6 is 11.3 Å². The van der Waals surface area contributed by atoms with Crippen LogP contribution in [0.25, 0.3) is 0 Å². The predicted molar refractivity (Wildman–Crippen MR) is 77.6 cm³/mol. The van der Waals surface area contributed by atoms with Gasteiger partial charge in [0.25, 0.3) is 0 Å². The number of benzene rings is 1. The molecule has 0 bridgehead atoms. The third-order valence-corrected chi connectivity index (χ3v) is 4.04. The van der Waals surface area contributed by atoms with E-state index in [0.717, 1.165) is 18.7 Å². The zero-order valence-corrected chi connectivity index (χ0v) is 11.9. The van der Waals surface area contributed by atoms with Crippen molar-refractivity contribution in [1.29, 1.82) is 0 Å². The molecule has 0 amide bonds. The minimum atomic E-state index is -0.880. The summed E-state index contributed by atoms with van der Waals surface area (Å²) in [4.78, 5) is 14.4. The molecule has 0 saturated carbocycles. The number of rotatable bonds is 5. The van der Waals surface area contributed by atoms with Crippen LogP contribution in [-0.2, 0) is 13.1 Å². The molecule has 0 atom stereocenters. The first-order valence-electron chi connectivity index (χ1n) is 6.10. The predicted octanol–water partition coefficient (Wildman–Crippen LogP) is 3.39. The van der Waals surface area contributed by atoms with Gasteiger partial charge in [-0.05, 0) is 48.7 Å². The Hall–Kier alpha value is -1.65. The van der Waals surface area contributed by atoms with Crippen molar-refractivity contribution in [2.75, 3.05) is 7.05 Å². The molecule has 100 valence electrons. The Kier molecular flexibility index (Phi) is 4.35. The second kappa shape index (κ2) is 5.99. The molecular weight excluding hydrogens is 258 g/mol. The topological polar surface area (TPSA) is 40.5 Å². The highest BCUT2D eigenvalue weighted by molar-refractivity contribution is 7.10. The summed E-state index contributed by atoms with van der Waals surface area (Å²) in [6.07, 6.45) is 0. The van der Waals surface area contributed by atoms with Gasteiger partial charge in [0, 0.05) is 18.0 Å². The number of aromatic carboxylic acids is 1. The lowest BCUT2D eigenvalue weighted by atomic mass is 10.1. The molecular formula is C15H17NO2S. The van der Waals surface area contributed by atoms with Gasteiger partial charge < -0.3 is 5.11 Å². The van der Waals surface area contributed by atoms with E-state index in [4.69, 9.17) is 5.11 Å². The lowest BCUT2D eigenvalue weighted by Crippen LogP contribution is -2.17. The average Bonchev–Trinajstić information content (AvgIpc) is 2.75. The number of hydrogen-bond acceptors (Lipinski definition) is 3. The number of hydrogen-bond donors (Lipinski definition) is 1. The van der Waals surface area contributed by atoms with Gasteiger partial charge >= 0.3 is 5.97 Å². The Labute approximate surface area is 117 Å². The first-order chi connectivity index (χ1) is 9.06. The number of carboxylic acid groups (broad SMARTS) is 1.